The number of carboxylic acids is 1. The van der Waals surface area contributed by atoms with Crippen LogP contribution in [0.5, 0.6) is 11.5 Å². The predicted molar refractivity (Wildman–Crippen MR) is 60.6 cm³/mol. The van der Waals surface area contributed by atoms with E-state index in [-0.39, 0.29) is 13.2 Å². The number of fused-ring (bicyclic) bond motifs is 2. The van der Waals surface area contributed by atoms with Crippen LogP contribution in [0.25, 0.3) is 0 Å². The topological polar surface area (TPSA) is 88.0 Å². The van der Waals surface area contributed by atoms with Crippen molar-refractivity contribution in [1.82, 2.24) is 5.32 Å². The quantitative estimate of drug-likeness (QED) is 0.679. The van der Waals surface area contributed by atoms with E-state index in [1.807, 2.05) is 6.07 Å². The second-order valence-electron chi connectivity index (χ2n) is 4.55. The van der Waals surface area contributed by atoms with Gasteiger partial charge < -0.3 is 19.7 Å². The van der Waals surface area contributed by atoms with Crippen molar-refractivity contribution in [2.45, 2.75) is 18.5 Å². The molecule has 0 amide bonds. The highest BCUT2D eigenvalue weighted by Crippen LogP contribution is 2.37. The van der Waals surface area contributed by atoms with Crippen LogP contribution in [0, 0.1) is 0 Å². The number of aliphatic carboxylic acids is 1. The lowest BCUT2D eigenvalue weighted by Crippen LogP contribution is -2.58. The Morgan fingerprint density at radius 1 is 1.33 bits per heavy atom. The molecule has 1 aromatic carbocycles. The molecule has 1 atom stereocenters. The molecule has 0 aliphatic carbocycles. The molecule has 0 unspecified atom stereocenters. The van der Waals surface area contributed by atoms with Gasteiger partial charge in [0.1, 0.15) is 5.54 Å². The van der Waals surface area contributed by atoms with Crippen LogP contribution in [0.1, 0.15) is 11.1 Å². The van der Waals surface area contributed by atoms with E-state index in [0.29, 0.717) is 18.0 Å². The molecule has 2 heterocycles. The third-order valence-electron chi connectivity index (χ3n) is 3.48. The summed E-state index contributed by atoms with van der Waals surface area (Å²) in [7, 11) is 0. The Balaban J connectivity index is 2.00. The summed E-state index contributed by atoms with van der Waals surface area (Å²) in [6.07, 6.45) is 0.227. The van der Waals surface area contributed by atoms with Gasteiger partial charge in [0.15, 0.2) is 11.5 Å². The summed E-state index contributed by atoms with van der Waals surface area (Å²) in [5.41, 5.74) is 0.541. The van der Waals surface area contributed by atoms with Crippen molar-refractivity contribution >= 4 is 5.97 Å². The second kappa shape index (κ2) is 3.86. The highest BCUT2D eigenvalue weighted by molar-refractivity contribution is 5.80. The first-order chi connectivity index (χ1) is 8.64. The molecule has 6 nitrogen and oxygen atoms in total. The molecule has 2 aliphatic rings. The SMILES string of the molecule is O=C(O)[C@]1(CO)Cc2cc3c(cc2CN1)OCO3. The summed E-state index contributed by atoms with van der Waals surface area (Å²) >= 11 is 0. The van der Waals surface area contributed by atoms with Gasteiger partial charge in [0, 0.05) is 13.0 Å². The number of aliphatic hydroxyl groups is 1. The molecule has 0 aromatic heterocycles. The van der Waals surface area contributed by atoms with Crippen LogP contribution < -0.4 is 14.8 Å². The summed E-state index contributed by atoms with van der Waals surface area (Å²) < 4.78 is 10.5. The summed E-state index contributed by atoms with van der Waals surface area (Å²) in [6.45, 7) is 0.130. The minimum Gasteiger partial charge on any atom is -0.480 e. The first-order valence-corrected chi connectivity index (χ1v) is 5.65. The minimum absolute atomic E-state index is 0.190. The lowest BCUT2D eigenvalue weighted by molar-refractivity contribution is -0.147. The number of carboxylic acid groups (broad SMARTS) is 1. The van der Waals surface area contributed by atoms with Gasteiger partial charge in [-0.25, -0.2) is 0 Å². The lowest BCUT2D eigenvalue weighted by atomic mass is 9.85. The van der Waals surface area contributed by atoms with E-state index < -0.39 is 18.1 Å². The van der Waals surface area contributed by atoms with Gasteiger partial charge in [-0.2, -0.15) is 0 Å². The fourth-order valence-electron chi connectivity index (χ4n) is 2.34. The van der Waals surface area contributed by atoms with E-state index >= 15 is 0 Å². The molecule has 0 spiro atoms. The van der Waals surface area contributed by atoms with Crippen LogP contribution >= 0.6 is 0 Å². The van der Waals surface area contributed by atoms with Crippen molar-refractivity contribution < 1.29 is 24.5 Å². The van der Waals surface area contributed by atoms with Gasteiger partial charge in [0.25, 0.3) is 0 Å². The van der Waals surface area contributed by atoms with E-state index in [0.717, 1.165) is 11.1 Å². The average Bonchev–Trinajstić information content (AvgIpc) is 2.82. The molecular weight excluding hydrogens is 238 g/mol. The maximum atomic E-state index is 11.3. The molecule has 0 saturated heterocycles. The van der Waals surface area contributed by atoms with E-state index in [4.69, 9.17) is 9.47 Å². The second-order valence-corrected chi connectivity index (χ2v) is 4.55. The Morgan fingerprint density at radius 2 is 2.00 bits per heavy atom. The molecule has 0 saturated carbocycles. The fourth-order valence-corrected chi connectivity index (χ4v) is 2.34. The van der Waals surface area contributed by atoms with E-state index in [1.165, 1.54) is 0 Å². The summed E-state index contributed by atoms with van der Waals surface area (Å²) in [4.78, 5) is 11.3. The third-order valence-corrected chi connectivity index (χ3v) is 3.48. The Bertz CT molecular complexity index is 515. The van der Waals surface area contributed by atoms with Crippen LogP contribution in [-0.4, -0.2) is 35.1 Å². The van der Waals surface area contributed by atoms with Crippen molar-refractivity contribution in [3.05, 3.63) is 23.3 Å². The Hall–Kier alpha value is -1.79. The first-order valence-electron chi connectivity index (χ1n) is 5.65. The number of hydrogen-bond donors (Lipinski definition) is 3. The zero-order valence-electron chi connectivity index (χ0n) is 9.60. The van der Waals surface area contributed by atoms with Crippen LogP contribution in [0.3, 0.4) is 0 Å². The monoisotopic (exact) mass is 251 g/mol. The third kappa shape index (κ3) is 1.53. The zero-order valence-corrected chi connectivity index (χ0v) is 9.60. The van der Waals surface area contributed by atoms with E-state index in [9.17, 15) is 15.0 Å². The molecule has 1 aromatic rings. The number of aliphatic hydroxyl groups excluding tert-OH is 1. The summed E-state index contributed by atoms with van der Waals surface area (Å²) in [5.74, 6) is 0.267. The van der Waals surface area contributed by atoms with Crippen LogP contribution in [0.15, 0.2) is 12.1 Å². The molecule has 0 radical (unpaired) electrons. The van der Waals surface area contributed by atoms with Gasteiger partial charge in [-0.05, 0) is 23.3 Å². The standard InChI is InChI=1S/C12H13NO5/c14-5-12(11(15)16)3-7-1-9-10(18-6-17-9)2-8(7)4-13-12/h1-2,13-14H,3-6H2,(H,15,16)/t12-/m1/s1. The molecule has 6 heteroatoms. The first kappa shape index (κ1) is 11.3. The molecule has 18 heavy (non-hydrogen) atoms. The maximum Gasteiger partial charge on any atom is 0.326 e. The zero-order chi connectivity index (χ0) is 12.8. The predicted octanol–water partition coefficient (Wildman–Crippen LogP) is -0.123. The van der Waals surface area contributed by atoms with Gasteiger partial charge in [0.05, 0.1) is 6.61 Å². The van der Waals surface area contributed by atoms with Gasteiger partial charge in [-0.15, -0.1) is 0 Å². The number of hydrogen-bond acceptors (Lipinski definition) is 5. The van der Waals surface area contributed by atoms with Crippen molar-refractivity contribution in [3.63, 3.8) is 0 Å². The van der Waals surface area contributed by atoms with Crippen molar-refractivity contribution in [2.75, 3.05) is 13.4 Å². The van der Waals surface area contributed by atoms with Gasteiger partial charge in [-0.1, -0.05) is 0 Å². The van der Waals surface area contributed by atoms with Crippen molar-refractivity contribution in [1.29, 1.82) is 0 Å². The number of rotatable bonds is 2. The molecule has 96 valence electrons. The Kier molecular flexibility index (Phi) is 2.42. The average molecular weight is 251 g/mol. The summed E-state index contributed by atoms with van der Waals surface area (Å²) in [5, 5.41) is 21.4. The molecule has 0 fully saturated rings. The van der Waals surface area contributed by atoms with Crippen LogP contribution in [0.4, 0.5) is 0 Å². The number of nitrogens with one attached hydrogen (secondary N) is 1. The van der Waals surface area contributed by atoms with Gasteiger partial charge in [0.2, 0.25) is 6.79 Å². The largest absolute Gasteiger partial charge is 0.480 e. The number of benzene rings is 1. The van der Waals surface area contributed by atoms with Gasteiger partial charge >= 0.3 is 5.97 Å². The van der Waals surface area contributed by atoms with Crippen LogP contribution in [0.2, 0.25) is 0 Å². The van der Waals surface area contributed by atoms with E-state index in [2.05, 4.69) is 5.32 Å². The fraction of sp³-hybridized carbons (Fsp3) is 0.417. The molecule has 2 aliphatic heterocycles. The highest BCUT2D eigenvalue weighted by Gasteiger charge is 2.41. The molecular formula is C12H13NO5. The maximum absolute atomic E-state index is 11.3. The normalized spacial score (nSPS) is 24.7. The smallest absolute Gasteiger partial charge is 0.326 e. The Labute approximate surface area is 103 Å². The summed E-state index contributed by atoms with van der Waals surface area (Å²) in [6, 6.07) is 3.65. The Morgan fingerprint density at radius 3 is 2.61 bits per heavy atom. The number of ether oxygens (including phenoxy) is 2. The molecule has 3 N–H and O–H groups in total. The van der Waals surface area contributed by atoms with Crippen LogP contribution in [-0.2, 0) is 17.8 Å². The number of carbonyl (C=O) groups is 1. The van der Waals surface area contributed by atoms with Crippen molar-refractivity contribution in [2.24, 2.45) is 0 Å². The minimum atomic E-state index is -1.30. The lowest BCUT2D eigenvalue weighted by Gasteiger charge is -2.34. The van der Waals surface area contributed by atoms with Crippen molar-refractivity contribution in [3.8, 4) is 11.5 Å². The molecule has 0 bridgehead atoms. The van der Waals surface area contributed by atoms with Gasteiger partial charge in [-0.3, -0.25) is 10.1 Å². The highest BCUT2D eigenvalue weighted by atomic mass is 16.7. The van der Waals surface area contributed by atoms with E-state index in [1.54, 1.807) is 6.07 Å². The molecule has 3 rings (SSSR count).